The van der Waals surface area contributed by atoms with Crippen LogP contribution >= 0.6 is 11.6 Å². The van der Waals surface area contributed by atoms with Crippen LogP contribution < -0.4 is 4.74 Å². The molecule has 0 unspecified atom stereocenters. The van der Waals surface area contributed by atoms with Gasteiger partial charge in [-0.1, -0.05) is 11.6 Å². The Bertz CT molecular complexity index is 1170. The van der Waals surface area contributed by atoms with E-state index in [4.69, 9.17) is 21.1 Å². The summed E-state index contributed by atoms with van der Waals surface area (Å²) in [5.74, 6) is 0.287. The van der Waals surface area contributed by atoms with E-state index < -0.39 is 11.9 Å². The van der Waals surface area contributed by atoms with Gasteiger partial charge in [0.2, 0.25) is 5.88 Å². The topological polar surface area (TPSA) is 92.0 Å². The number of methoxy groups -OCH3 is 1. The highest BCUT2D eigenvalue weighted by Gasteiger charge is 2.38. The molecule has 0 radical (unpaired) electrons. The lowest BCUT2D eigenvalue weighted by atomic mass is 10.0. The van der Waals surface area contributed by atoms with E-state index in [-0.39, 0.29) is 41.8 Å². The van der Waals surface area contributed by atoms with Crippen molar-refractivity contribution in [2.24, 2.45) is 0 Å². The minimum absolute atomic E-state index is 0.0616. The van der Waals surface area contributed by atoms with E-state index in [1.54, 1.807) is 25.1 Å². The highest BCUT2D eigenvalue weighted by Crippen LogP contribution is 2.36. The summed E-state index contributed by atoms with van der Waals surface area (Å²) in [6.45, 7) is 3.74. The predicted molar refractivity (Wildman–Crippen MR) is 117 cm³/mol. The number of carbonyl (C=O) groups is 1. The number of ether oxygens (including phenoxy) is 2. The normalized spacial score (nSPS) is 11.6. The number of halogens is 4. The van der Waals surface area contributed by atoms with Crippen LogP contribution in [0.1, 0.15) is 35.9 Å². The average molecular weight is 498 g/mol. The third-order valence-electron chi connectivity index (χ3n) is 4.77. The summed E-state index contributed by atoms with van der Waals surface area (Å²) in [7, 11) is 1.36. The number of Topliss-reactive ketones (excluding diaryl/α,β-unsaturated/α-hetero) is 1. The van der Waals surface area contributed by atoms with Gasteiger partial charge in [-0.25, -0.2) is 9.67 Å². The second-order valence-electron chi connectivity index (χ2n) is 7.50. The van der Waals surface area contributed by atoms with Crippen LogP contribution in [0, 0.1) is 6.92 Å². The molecule has 0 aromatic carbocycles. The molecule has 0 spiro atoms. The van der Waals surface area contributed by atoms with Gasteiger partial charge in [0.05, 0.1) is 23.6 Å². The van der Waals surface area contributed by atoms with Crippen LogP contribution in [0.2, 0.25) is 5.15 Å². The quantitative estimate of drug-likeness (QED) is 0.382. The highest BCUT2D eigenvalue weighted by atomic mass is 35.5. The smallest absolute Gasteiger partial charge is 0.435 e. The van der Waals surface area contributed by atoms with Crippen LogP contribution in [0.3, 0.4) is 0 Å². The Hall–Kier alpha value is -3.05. The lowest BCUT2D eigenvalue weighted by molar-refractivity contribution is -0.141. The third kappa shape index (κ3) is 6.51. The molecule has 0 aliphatic heterocycles. The molecule has 12 heteroatoms. The number of aryl methyl sites for hydroxylation is 2. The fourth-order valence-corrected chi connectivity index (χ4v) is 3.59. The zero-order chi connectivity index (χ0) is 24.9. The van der Waals surface area contributed by atoms with Crippen molar-refractivity contribution >= 4 is 17.4 Å². The highest BCUT2D eigenvalue weighted by molar-refractivity contribution is 6.29. The molecule has 182 valence electrons. The second kappa shape index (κ2) is 10.9. The molecule has 0 N–H and O–H groups in total. The Labute approximate surface area is 199 Å². The van der Waals surface area contributed by atoms with Crippen molar-refractivity contribution in [3.8, 4) is 17.1 Å². The number of aromatic nitrogens is 5. The summed E-state index contributed by atoms with van der Waals surface area (Å²) in [5, 5.41) is 11.8. The first kappa shape index (κ1) is 25.6. The van der Waals surface area contributed by atoms with E-state index in [9.17, 15) is 18.0 Å². The van der Waals surface area contributed by atoms with Crippen molar-refractivity contribution in [2.45, 2.75) is 46.0 Å². The fraction of sp³-hybridized carbons (Fsp3) is 0.409. The first-order valence-electron chi connectivity index (χ1n) is 10.4. The van der Waals surface area contributed by atoms with Crippen molar-refractivity contribution in [3.63, 3.8) is 0 Å². The van der Waals surface area contributed by atoms with Crippen molar-refractivity contribution in [1.29, 1.82) is 0 Å². The van der Waals surface area contributed by atoms with Gasteiger partial charge in [-0.3, -0.25) is 4.79 Å². The molecule has 0 saturated carbocycles. The molecular formula is C22H23ClF3N5O3. The van der Waals surface area contributed by atoms with Gasteiger partial charge in [0.1, 0.15) is 17.7 Å². The molecular weight excluding hydrogens is 475 g/mol. The lowest BCUT2D eigenvalue weighted by Gasteiger charge is -2.09. The number of hydrogen-bond donors (Lipinski definition) is 0. The Morgan fingerprint density at radius 3 is 2.62 bits per heavy atom. The first-order valence-corrected chi connectivity index (χ1v) is 10.8. The molecule has 8 nitrogen and oxygen atoms in total. The van der Waals surface area contributed by atoms with Crippen molar-refractivity contribution in [1.82, 2.24) is 25.0 Å². The molecule has 3 heterocycles. The van der Waals surface area contributed by atoms with Crippen molar-refractivity contribution in [3.05, 3.63) is 52.1 Å². The van der Waals surface area contributed by atoms with Crippen LogP contribution in [-0.2, 0) is 35.3 Å². The van der Waals surface area contributed by atoms with E-state index >= 15 is 0 Å². The summed E-state index contributed by atoms with van der Waals surface area (Å²) in [6, 6.07) is 4.89. The van der Waals surface area contributed by atoms with Crippen LogP contribution in [0.4, 0.5) is 13.2 Å². The monoisotopic (exact) mass is 497 g/mol. The van der Waals surface area contributed by atoms with Gasteiger partial charge in [-0.2, -0.15) is 23.4 Å². The predicted octanol–water partition coefficient (Wildman–Crippen LogP) is 4.46. The number of rotatable bonds is 10. The molecule has 34 heavy (non-hydrogen) atoms. The van der Waals surface area contributed by atoms with Crippen molar-refractivity contribution < 1.29 is 27.4 Å². The lowest BCUT2D eigenvalue weighted by Crippen LogP contribution is -2.10. The summed E-state index contributed by atoms with van der Waals surface area (Å²) in [6.07, 6.45) is -2.83. The number of pyridine rings is 1. The number of carbonyl (C=O) groups excluding carboxylic acids is 1. The summed E-state index contributed by atoms with van der Waals surface area (Å²) in [5.41, 5.74) is 0.486. The molecule has 0 saturated heterocycles. The Balaban J connectivity index is 1.71. The zero-order valence-electron chi connectivity index (χ0n) is 18.8. The first-order chi connectivity index (χ1) is 16.1. The van der Waals surface area contributed by atoms with Crippen LogP contribution in [0.15, 0.2) is 24.4 Å². The Morgan fingerprint density at radius 1 is 1.21 bits per heavy atom. The minimum Gasteiger partial charge on any atom is -0.478 e. The van der Waals surface area contributed by atoms with E-state index in [0.717, 1.165) is 4.68 Å². The molecule has 0 aliphatic carbocycles. The van der Waals surface area contributed by atoms with Crippen LogP contribution in [-0.4, -0.2) is 44.5 Å². The third-order valence-corrected chi connectivity index (χ3v) is 4.96. The van der Waals surface area contributed by atoms with Gasteiger partial charge in [0.15, 0.2) is 5.69 Å². The van der Waals surface area contributed by atoms with E-state index in [0.29, 0.717) is 35.7 Å². The van der Waals surface area contributed by atoms with Crippen LogP contribution in [0.25, 0.3) is 11.3 Å². The average Bonchev–Trinajstić information content (AvgIpc) is 3.16. The largest absolute Gasteiger partial charge is 0.478 e. The van der Waals surface area contributed by atoms with Gasteiger partial charge in [-0.15, -0.1) is 5.10 Å². The summed E-state index contributed by atoms with van der Waals surface area (Å²) >= 11 is 5.98. The van der Waals surface area contributed by atoms with Gasteiger partial charge in [0, 0.05) is 32.2 Å². The second-order valence-corrected chi connectivity index (χ2v) is 7.89. The maximum Gasteiger partial charge on any atom is 0.435 e. The van der Waals surface area contributed by atoms with Gasteiger partial charge in [0.25, 0.3) is 0 Å². The maximum absolute atomic E-state index is 13.5. The SMILES string of the molecule is CCOc1cc(CC(=O)CCc2cc(C)c(-c3cn(COC)nc3C(F)(F)F)nn2)cc(Cl)n1. The fourth-order valence-electron chi connectivity index (χ4n) is 3.36. The minimum atomic E-state index is -4.66. The van der Waals surface area contributed by atoms with Crippen LogP contribution in [0.5, 0.6) is 5.88 Å². The van der Waals surface area contributed by atoms with E-state index in [1.807, 2.05) is 6.92 Å². The van der Waals surface area contributed by atoms with Crippen molar-refractivity contribution in [2.75, 3.05) is 13.7 Å². The number of hydrogen-bond acceptors (Lipinski definition) is 7. The van der Waals surface area contributed by atoms with E-state index in [1.165, 1.54) is 13.3 Å². The number of nitrogens with zero attached hydrogens (tertiary/aromatic N) is 5. The molecule has 3 rings (SSSR count). The van der Waals surface area contributed by atoms with Gasteiger partial charge in [-0.05, 0) is 43.5 Å². The van der Waals surface area contributed by atoms with E-state index in [2.05, 4.69) is 20.3 Å². The molecule has 0 atom stereocenters. The molecule has 3 aromatic heterocycles. The molecule has 0 bridgehead atoms. The summed E-state index contributed by atoms with van der Waals surface area (Å²) in [4.78, 5) is 16.5. The maximum atomic E-state index is 13.5. The molecule has 0 fully saturated rings. The van der Waals surface area contributed by atoms with Gasteiger partial charge < -0.3 is 9.47 Å². The number of ketones is 1. The standard InChI is InChI=1S/C22H23ClF3N5O3/c1-4-34-19-10-14(9-18(23)27-19)8-16(32)6-5-15-7-13(2)20(29-28-15)17-11-31(12-33-3)30-21(17)22(24,25)26/h7,9-11H,4-6,8,12H2,1-3H3. The summed E-state index contributed by atoms with van der Waals surface area (Å²) < 4.78 is 51.6. The molecule has 0 aliphatic rings. The zero-order valence-corrected chi connectivity index (χ0v) is 19.6. The Morgan fingerprint density at radius 2 is 1.97 bits per heavy atom. The Kier molecular flexibility index (Phi) is 8.21. The number of alkyl halides is 3. The molecule has 3 aromatic rings. The van der Waals surface area contributed by atoms with Gasteiger partial charge >= 0.3 is 6.18 Å². The molecule has 0 amide bonds.